The van der Waals surface area contributed by atoms with Gasteiger partial charge in [0.1, 0.15) is 5.69 Å². The third kappa shape index (κ3) is 2.71. The lowest BCUT2D eigenvalue weighted by atomic mass is 10.1. The summed E-state index contributed by atoms with van der Waals surface area (Å²) in [6.45, 7) is 5.02. The highest BCUT2D eigenvalue weighted by Gasteiger charge is 2.20. The Morgan fingerprint density at radius 2 is 2.00 bits per heavy atom. The van der Waals surface area contributed by atoms with Crippen LogP contribution in [0.1, 0.15) is 39.0 Å². The van der Waals surface area contributed by atoms with Gasteiger partial charge in [0.15, 0.2) is 11.6 Å². The Balaban J connectivity index is 1.95. The van der Waals surface area contributed by atoms with Gasteiger partial charge in [0, 0.05) is 29.8 Å². The molecular weight excluding hydrogens is 306 g/mol. The molecule has 3 aromatic heterocycles. The van der Waals surface area contributed by atoms with Gasteiger partial charge >= 0.3 is 0 Å². The summed E-state index contributed by atoms with van der Waals surface area (Å²) >= 11 is 0. The lowest BCUT2D eigenvalue weighted by molar-refractivity contribution is 0.101. The van der Waals surface area contributed by atoms with Gasteiger partial charge in [-0.3, -0.25) is 9.59 Å². The van der Waals surface area contributed by atoms with Crippen LogP contribution in [0.2, 0.25) is 0 Å². The third-order valence-corrected chi connectivity index (χ3v) is 3.77. The highest BCUT2D eigenvalue weighted by Crippen LogP contribution is 2.21. The van der Waals surface area contributed by atoms with Gasteiger partial charge in [-0.1, -0.05) is 0 Å². The summed E-state index contributed by atoms with van der Waals surface area (Å²) in [5.74, 6) is 0.118. The molecule has 1 amide bonds. The van der Waals surface area contributed by atoms with E-state index in [1.54, 1.807) is 55.3 Å². The van der Waals surface area contributed by atoms with E-state index in [2.05, 4.69) is 20.4 Å². The summed E-state index contributed by atoms with van der Waals surface area (Å²) in [6, 6.07) is 5.26. The van der Waals surface area contributed by atoms with E-state index >= 15 is 0 Å². The van der Waals surface area contributed by atoms with Gasteiger partial charge in [-0.05, 0) is 44.5 Å². The molecule has 122 valence electrons. The molecular formula is C17H17N5O2. The summed E-state index contributed by atoms with van der Waals surface area (Å²) < 4.78 is 1.57. The van der Waals surface area contributed by atoms with Crippen molar-refractivity contribution in [2.75, 3.05) is 5.32 Å². The van der Waals surface area contributed by atoms with Crippen molar-refractivity contribution >= 4 is 17.4 Å². The van der Waals surface area contributed by atoms with Crippen molar-refractivity contribution < 1.29 is 9.59 Å². The van der Waals surface area contributed by atoms with E-state index in [0.717, 1.165) is 0 Å². The number of anilines is 1. The van der Waals surface area contributed by atoms with E-state index in [0.29, 0.717) is 34.0 Å². The Morgan fingerprint density at radius 3 is 2.62 bits per heavy atom. The fourth-order valence-corrected chi connectivity index (χ4v) is 2.76. The standard InChI is InChI=1S/C17H17N5O2/c1-10-14(12(3)23)11(2)20-15(10)17(24)21-13-6-4-7-18-16(13)22-9-5-8-19-22/h4-9,20H,1-3H3,(H,21,24). The molecule has 0 radical (unpaired) electrons. The highest BCUT2D eigenvalue weighted by molar-refractivity contribution is 6.08. The Kier molecular flexibility index (Phi) is 3.99. The third-order valence-electron chi connectivity index (χ3n) is 3.77. The molecule has 0 aliphatic heterocycles. The number of hydrogen-bond donors (Lipinski definition) is 2. The summed E-state index contributed by atoms with van der Waals surface area (Å²) in [5, 5.41) is 6.97. The molecule has 3 heterocycles. The van der Waals surface area contributed by atoms with Crippen LogP contribution in [-0.4, -0.2) is 31.4 Å². The van der Waals surface area contributed by atoms with Crippen molar-refractivity contribution in [1.82, 2.24) is 19.7 Å². The zero-order chi connectivity index (χ0) is 17.3. The van der Waals surface area contributed by atoms with Crippen LogP contribution in [-0.2, 0) is 0 Å². The zero-order valence-electron chi connectivity index (χ0n) is 13.6. The number of aromatic nitrogens is 4. The van der Waals surface area contributed by atoms with Crippen molar-refractivity contribution in [3.05, 3.63) is 59.3 Å². The zero-order valence-corrected chi connectivity index (χ0v) is 13.6. The predicted molar refractivity (Wildman–Crippen MR) is 89.6 cm³/mol. The second-order valence-corrected chi connectivity index (χ2v) is 5.46. The maximum Gasteiger partial charge on any atom is 0.272 e. The number of aryl methyl sites for hydroxylation is 1. The molecule has 0 unspecified atom stereocenters. The van der Waals surface area contributed by atoms with E-state index in [4.69, 9.17) is 0 Å². The first-order valence-corrected chi connectivity index (χ1v) is 7.45. The molecule has 0 spiro atoms. The van der Waals surface area contributed by atoms with Crippen LogP contribution in [0.4, 0.5) is 5.69 Å². The number of nitrogens with zero attached hydrogens (tertiary/aromatic N) is 3. The normalized spacial score (nSPS) is 10.6. The molecule has 0 aromatic carbocycles. The molecule has 2 N–H and O–H groups in total. The first-order chi connectivity index (χ1) is 11.5. The smallest absolute Gasteiger partial charge is 0.272 e. The number of aromatic amines is 1. The molecule has 3 rings (SSSR count). The minimum absolute atomic E-state index is 0.0705. The van der Waals surface area contributed by atoms with Crippen molar-refractivity contribution in [2.24, 2.45) is 0 Å². The van der Waals surface area contributed by atoms with Crippen molar-refractivity contribution in [1.29, 1.82) is 0 Å². The number of nitrogens with one attached hydrogen (secondary N) is 2. The maximum atomic E-state index is 12.6. The first-order valence-electron chi connectivity index (χ1n) is 7.45. The SMILES string of the molecule is CC(=O)c1c(C)[nH]c(C(=O)Nc2cccnc2-n2cccn2)c1C. The average molecular weight is 323 g/mol. The van der Waals surface area contributed by atoms with Gasteiger partial charge in [0.05, 0.1) is 5.69 Å². The monoisotopic (exact) mass is 323 g/mol. The molecule has 3 aromatic rings. The summed E-state index contributed by atoms with van der Waals surface area (Å²) in [5.41, 5.74) is 2.78. The van der Waals surface area contributed by atoms with E-state index in [-0.39, 0.29) is 11.7 Å². The van der Waals surface area contributed by atoms with E-state index in [1.165, 1.54) is 6.92 Å². The highest BCUT2D eigenvalue weighted by atomic mass is 16.2. The van der Waals surface area contributed by atoms with Gasteiger partial charge in [-0.15, -0.1) is 0 Å². The number of pyridine rings is 1. The number of amides is 1. The van der Waals surface area contributed by atoms with Crippen LogP contribution in [0.15, 0.2) is 36.8 Å². The van der Waals surface area contributed by atoms with Gasteiger partial charge in [0.25, 0.3) is 5.91 Å². The average Bonchev–Trinajstić information content (AvgIpc) is 3.16. The Labute approximate surface area is 138 Å². The van der Waals surface area contributed by atoms with E-state index < -0.39 is 0 Å². The number of ketones is 1. The van der Waals surface area contributed by atoms with Crippen LogP contribution < -0.4 is 5.32 Å². The topological polar surface area (TPSA) is 92.7 Å². The molecule has 7 nitrogen and oxygen atoms in total. The Bertz CT molecular complexity index is 909. The lowest BCUT2D eigenvalue weighted by Gasteiger charge is -2.09. The molecule has 0 atom stereocenters. The summed E-state index contributed by atoms with van der Waals surface area (Å²) in [7, 11) is 0. The predicted octanol–water partition coefficient (Wildman–Crippen LogP) is 2.67. The molecule has 0 aliphatic carbocycles. The second-order valence-electron chi connectivity index (χ2n) is 5.46. The Morgan fingerprint density at radius 1 is 1.21 bits per heavy atom. The number of carbonyl (C=O) groups is 2. The molecule has 0 saturated heterocycles. The van der Waals surface area contributed by atoms with Crippen molar-refractivity contribution in [3.8, 4) is 5.82 Å². The van der Waals surface area contributed by atoms with Crippen molar-refractivity contribution in [2.45, 2.75) is 20.8 Å². The van der Waals surface area contributed by atoms with Gasteiger partial charge < -0.3 is 10.3 Å². The molecule has 7 heteroatoms. The second kappa shape index (κ2) is 6.11. The lowest BCUT2D eigenvalue weighted by Crippen LogP contribution is -2.16. The molecule has 0 bridgehead atoms. The van der Waals surface area contributed by atoms with Crippen LogP contribution in [0, 0.1) is 13.8 Å². The summed E-state index contributed by atoms with van der Waals surface area (Å²) in [6.07, 6.45) is 5.01. The van der Waals surface area contributed by atoms with Crippen LogP contribution in [0.3, 0.4) is 0 Å². The van der Waals surface area contributed by atoms with Gasteiger partial charge in [-0.2, -0.15) is 5.10 Å². The van der Waals surface area contributed by atoms with E-state index in [9.17, 15) is 9.59 Å². The fourth-order valence-electron chi connectivity index (χ4n) is 2.76. The van der Waals surface area contributed by atoms with Crippen LogP contribution in [0.5, 0.6) is 0 Å². The van der Waals surface area contributed by atoms with Crippen LogP contribution in [0.25, 0.3) is 5.82 Å². The number of H-pyrrole nitrogens is 1. The minimum atomic E-state index is -0.329. The Hall–Kier alpha value is -3.22. The first kappa shape index (κ1) is 15.7. The summed E-state index contributed by atoms with van der Waals surface area (Å²) in [4.78, 5) is 31.6. The van der Waals surface area contributed by atoms with E-state index in [1.807, 2.05) is 0 Å². The van der Waals surface area contributed by atoms with Crippen LogP contribution >= 0.6 is 0 Å². The largest absolute Gasteiger partial charge is 0.354 e. The number of carbonyl (C=O) groups excluding carboxylic acids is 2. The van der Waals surface area contributed by atoms with Crippen molar-refractivity contribution in [3.63, 3.8) is 0 Å². The number of hydrogen-bond acceptors (Lipinski definition) is 4. The minimum Gasteiger partial charge on any atom is -0.354 e. The molecule has 0 saturated carbocycles. The van der Waals surface area contributed by atoms with Gasteiger partial charge in [0.2, 0.25) is 0 Å². The quantitative estimate of drug-likeness (QED) is 0.722. The maximum absolute atomic E-state index is 12.6. The molecule has 24 heavy (non-hydrogen) atoms. The number of Topliss-reactive ketones (excluding diaryl/α,β-unsaturated/α-hetero) is 1. The van der Waals surface area contributed by atoms with Gasteiger partial charge in [-0.25, -0.2) is 9.67 Å². The molecule has 0 aliphatic rings. The number of rotatable bonds is 4. The fraction of sp³-hybridized carbons (Fsp3) is 0.176. The molecule has 0 fully saturated rings.